The summed E-state index contributed by atoms with van der Waals surface area (Å²) in [5.74, 6) is -2.07. The molecule has 3 N–H and O–H groups in total. The maximum Gasteiger partial charge on any atom is 0.300 e. The third-order valence-electron chi connectivity index (χ3n) is 3.65. The predicted molar refractivity (Wildman–Crippen MR) is 80.0 cm³/mol. The van der Waals surface area contributed by atoms with Crippen LogP contribution in [0.2, 0.25) is 0 Å². The van der Waals surface area contributed by atoms with E-state index in [9.17, 15) is 23.1 Å². The molecule has 2 aromatic carbocycles. The number of anilines is 1. The van der Waals surface area contributed by atoms with Gasteiger partial charge in [-0.25, -0.2) is 0 Å². The van der Waals surface area contributed by atoms with Gasteiger partial charge in [-0.15, -0.1) is 0 Å². The largest absolute Gasteiger partial charge is 0.506 e. The number of phenolic OH excluding ortho intramolecular Hbond substituents is 1. The SMILES string of the molecule is COS(=O)(=O)c1cc(N)c2c(c1O)C(=O)c1ccccc1C2=O. The van der Waals surface area contributed by atoms with Crippen molar-refractivity contribution in [3.63, 3.8) is 0 Å². The summed E-state index contributed by atoms with van der Waals surface area (Å²) in [5, 5.41) is 10.3. The number of nitrogens with two attached hydrogens (primary N) is 1. The van der Waals surface area contributed by atoms with Gasteiger partial charge in [0.25, 0.3) is 0 Å². The Morgan fingerprint density at radius 2 is 1.57 bits per heavy atom. The molecule has 0 bridgehead atoms. The van der Waals surface area contributed by atoms with Crippen LogP contribution < -0.4 is 5.73 Å². The normalized spacial score (nSPS) is 13.6. The summed E-state index contributed by atoms with van der Waals surface area (Å²) in [6.45, 7) is 0. The first-order chi connectivity index (χ1) is 10.8. The zero-order chi connectivity index (χ0) is 16.9. The number of nitrogen functional groups attached to an aromatic ring is 1. The van der Waals surface area contributed by atoms with Crippen molar-refractivity contribution in [3.05, 3.63) is 52.6 Å². The molecule has 3 rings (SSSR count). The van der Waals surface area contributed by atoms with Crippen LogP contribution in [0.25, 0.3) is 0 Å². The van der Waals surface area contributed by atoms with Gasteiger partial charge < -0.3 is 10.8 Å². The maximum atomic E-state index is 12.6. The van der Waals surface area contributed by atoms with Crippen LogP contribution in [0.1, 0.15) is 31.8 Å². The molecule has 0 saturated heterocycles. The number of phenols is 1. The lowest BCUT2D eigenvalue weighted by Gasteiger charge is -2.21. The van der Waals surface area contributed by atoms with Gasteiger partial charge in [0.1, 0.15) is 10.6 Å². The van der Waals surface area contributed by atoms with Crippen molar-refractivity contribution >= 4 is 27.4 Å². The van der Waals surface area contributed by atoms with Gasteiger partial charge >= 0.3 is 10.1 Å². The quantitative estimate of drug-likeness (QED) is 0.408. The molecular formula is C15H11NO6S. The molecule has 1 aliphatic rings. The van der Waals surface area contributed by atoms with Crippen LogP contribution >= 0.6 is 0 Å². The highest BCUT2D eigenvalue weighted by atomic mass is 32.2. The van der Waals surface area contributed by atoms with E-state index in [4.69, 9.17) is 5.73 Å². The number of fused-ring (bicyclic) bond motifs is 2. The number of hydrogen-bond acceptors (Lipinski definition) is 7. The molecule has 1 aliphatic carbocycles. The molecule has 0 fully saturated rings. The Morgan fingerprint density at radius 1 is 1.04 bits per heavy atom. The van der Waals surface area contributed by atoms with E-state index in [0.29, 0.717) is 0 Å². The van der Waals surface area contributed by atoms with Gasteiger partial charge in [0, 0.05) is 16.8 Å². The summed E-state index contributed by atoms with van der Waals surface area (Å²) in [5.41, 5.74) is 5.14. The molecule has 0 aromatic heterocycles. The molecule has 0 saturated carbocycles. The van der Waals surface area contributed by atoms with Crippen LogP contribution in [0.5, 0.6) is 5.75 Å². The molecule has 0 unspecified atom stereocenters. The number of rotatable bonds is 2. The van der Waals surface area contributed by atoms with Gasteiger partial charge in [0.05, 0.1) is 18.2 Å². The van der Waals surface area contributed by atoms with E-state index in [1.807, 2.05) is 0 Å². The van der Waals surface area contributed by atoms with Gasteiger partial charge in [0.2, 0.25) is 0 Å². The predicted octanol–water partition coefficient (Wildman–Crippen LogP) is 1.08. The summed E-state index contributed by atoms with van der Waals surface area (Å²) in [4.78, 5) is 24.5. The second kappa shape index (κ2) is 4.90. The molecule has 0 aliphatic heterocycles. The first kappa shape index (κ1) is 15.2. The van der Waals surface area contributed by atoms with Gasteiger partial charge in [-0.05, 0) is 6.07 Å². The summed E-state index contributed by atoms with van der Waals surface area (Å²) < 4.78 is 28.1. The highest BCUT2D eigenvalue weighted by Gasteiger charge is 2.36. The van der Waals surface area contributed by atoms with E-state index >= 15 is 0 Å². The highest BCUT2D eigenvalue weighted by Crippen LogP contribution is 2.40. The molecule has 8 heteroatoms. The second-order valence-corrected chi connectivity index (χ2v) is 6.57. The summed E-state index contributed by atoms with van der Waals surface area (Å²) in [6, 6.07) is 6.95. The lowest BCUT2D eigenvalue weighted by Crippen LogP contribution is -2.23. The van der Waals surface area contributed by atoms with Crippen LogP contribution in [0, 0.1) is 0 Å². The van der Waals surface area contributed by atoms with Crippen LogP contribution in [-0.2, 0) is 14.3 Å². The van der Waals surface area contributed by atoms with Crippen LogP contribution in [0.15, 0.2) is 35.2 Å². The Hall–Kier alpha value is -2.71. The molecule has 118 valence electrons. The molecular weight excluding hydrogens is 322 g/mol. The molecule has 2 aromatic rings. The number of ketones is 2. The monoisotopic (exact) mass is 333 g/mol. The number of carbonyl (C=O) groups excluding carboxylic acids is 2. The van der Waals surface area contributed by atoms with E-state index in [0.717, 1.165) is 13.2 Å². The molecule has 0 amide bonds. The summed E-state index contributed by atoms with van der Waals surface area (Å²) in [6.07, 6.45) is 0. The lowest BCUT2D eigenvalue weighted by molar-refractivity contribution is 0.0977. The summed E-state index contributed by atoms with van der Waals surface area (Å²) in [7, 11) is -3.39. The summed E-state index contributed by atoms with van der Waals surface area (Å²) >= 11 is 0. The Kier molecular flexibility index (Phi) is 3.24. The molecule has 0 atom stereocenters. The third-order valence-corrected chi connectivity index (χ3v) is 4.94. The van der Waals surface area contributed by atoms with Gasteiger partial charge in [-0.1, -0.05) is 24.3 Å². The Bertz CT molecular complexity index is 978. The van der Waals surface area contributed by atoms with Crippen molar-refractivity contribution in [2.24, 2.45) is 0 Å². The number of aromatic hydroxyl groups is 1. The number of benzene rings is 2. The Balaban J connectivity index is 2.41. The third kappa shape index (κ3) is 2.03. The van der Waals surface area contributed by atoms with Crippen molar-refractivity contribution in [3.8, 4) is 5.75 Å². The van der Waals surface area contributed by atoms with E-state index < -0.39 is 37.9 Å². The molecule has 0 radical (unpaired) electrons. The molecule has 23 heavy (non-hydrogen) atoms. The average molecular weight is 333 g/mol. The van der Waals surface area contributed by atoms with Crippen molar-refractivity contribution in [1.82, 2.24) is 0 Å². The maximum absolute atomic E-state index is 12.6. The topological polar surface area (TPSA) is 124 Å². The van der Waals surface area contributed by atoms with Gasteiger partial charge in [-0.2, -0.15) is 8.42 Å². The second-order valence-electron chi connectivity index (χ2n) is 4.89. The van der Waals surface area contributed by atoms with Crippen LogP contribution in [-0.4, -0.2) is 32.2 Å². The van der Waals surface area contributed by atoms with Crippen LogP contribution in [0.3, 0.4) is 0 Å². The Labute approximate surface area is 131 Å². The molecule has 7 nitrogen and oxygen atoms in total. The van der Waals surface area contributed by atoms with Crippen molar-refractivity contribution < 1.29 is 27.3 Å². The van der Waals surface area contributed by atoms with Crippen molar-refractivity contribution in [2.75, 3.05) is 12.8 Å². The van der Waals surface area contributed by atoms with Gasteiger partial charge in [0.15, 0.2) is 11.6 Å². The zero-order valence-electron chi connectivity index (χ0n) is 11.9. The van der Waals surface area contributed by atoms with E-state index in [1.54, 1.807) is 12.1 Å². The van der Waals surface area contributed by atoms with E-state index in [1.165, 1.54) is 12.1 Å². The first-order valence-electron chi connectivity index (χ1n) is 6.44. The Morgan fingerprint density at radius 3 is 2.09 bits per heavy atom. The number of hydrogen-bond donors (Lipinski definition) is 2. The minimum atomic E-state index is -4.30. The first-order valence-corrected chi connectivity index (χ1v) is 7.85. The fraction of sp³-hybridized carbons (Fsp3) is 0.0667. The zero-order valence-corrected chi connectivity index (χ0v) is 12.7. The fourth-order valence-electron chi connectivity index (χ4n) is 2.56. The number of carbonyl (C=O) groups is 2. The minimum absolute atomic E-state index is 0.0756. The highest BCUT2D eigenvalue weighted by molar-refractivity contribution is 7.86. The van der Waals surface area contributed by atoms with Crippen molar-refractivity contribution in [2.45, 2.75) is 4.90 Å². The smallest absolute Gasteiger partial charge is 0.300 e. The van der Waals surface area contributed by atoms with E-state index in [-0.39, 0.29) is 22.4 Å². The fourth-order valence-corrected chi connectivity index (χ4v) is 3.35. The van der Waals surface area contributed by atoms with Crippen molar-refractivity contribution in [1.29, 1.82) is 0 Å². The minimum Gasteiger partial charge on any atom is -0.506 e. The molecule has 0 heterocycles. The lowest BCUT2D eigenvalue weighted by atomic mass is 9.83. The van der Waals surface area contributed by atoms with Gasteiger partial charge in [-0.3, -0.25) is 13.8 Å². The average Bonchev–Trinajstić information content (AvgIpc) is 2.54. The van der Waals surface area contributed by atoms with Crippen LogP contribution in [0.4, 0.5) is 5.69 Å². The standard InChI is InChI=1S/C15H11NO6S/c1-22-23(20,21)10-6-9(16)11-12(15(10)19)14(18)8-5-3-2-4-7(8)13(11)17/h2-6,19H,16H2,1H3. The van der Waals surface area contributed by atoms with E-state index in [2.05, 4.69) is 4.18 Å². The molecule has 0 spiro atoms.